The SMILES string of the molecule is CC(C)C(N)C(=O)c1ccn(C)c1. The smallest absolute Gasteiger partial charge is 0.181 e. The lowest BCUT2D eigenvalue weighted by Gasteiger charge is -2.12. The standard InChI is InChI=1S/C10H16N2O/c1-7(2)9(11)10(13)8-4-5-12(3)6-8/h4-7,9H,11H2,1-3H3. The molecule has 3 nitrogen and oxygen atoms in total. The first-order valence-corrected chi connectivity index (χ1v) is 4.44. The molecule has 1 atom stereocenters. The number of aromatic nitrogens is 1. The summed E-state index contributed by atoms with van der Waals surface area (Å²) < 4.78 is 1.85. The number of nitrogens with zero attached hydrogens (tertiary/aromatic N) is 1. The summed E-state index contributed by atoms with van der Waals surface area (Å²) in [5.74, 6) is 0.211. The molecule has 0 saturated carbocycles. The molecule has 0 fully saturated rings. The minimum Gasteiger partial charge on any atom is -0.357 e. The predicted octanol–water partition coefficient (Wildman–Crippen LogP) is 1.19. The third-order valence-corrected chi connectivity index (χ3v) is 2.14. The fourth-order valence-electron chi connectivity index (χ4n) is 1.14. The summed E-state index contributed by atoms with van der Waals surface area (Å²) in [6.07, 6.45) is 3.64. The molecule has 1 heterocycles. The van der Waals surface area contributed by atoms with E-state index in [1.807, 2.05) is 31.7 Å². The van der Waals surface area contributed by atoms with Crippen molar-refractivity contribution in [3.05, 3.63) is 24.0 Å². The van der Waals surface area contributed by atoms with Gasteiger partial charge in [-0.15, -0.1) is 0 Å². The highest BCUT2D eigenvalue weighted by Gasteiger charge is 2.19. The number of nitrogens with two attached hydrogens (primary N) is 1. The number of hydrogen-bond donors (Lipinski definition) is 1. The van der Waals surface area contributed by atoms with Crippen LogP contribution < -0.4 is 5.73 Å². The van der Waals surface area contributed by atoms with Gasteiger partial charge in [-0.2, -0.15) is 0 Å². The van der Waals surface area contributed by atoms with E-state index in [1.54, 1.807) is 12.3 Å². The summed E-state index contributed by atoms with van der Waals surface area (Å²) in [6, 6.07) is 1.41. The van der Waals surface area contributed by atoms with Crippen LogP contribution in [0.25, 0.3) is 0 Å². The minimum atomic E-state index is -0.387. The Hall–Kier alpha value is -1.09. The van der Waals surface area contributed by atoms with Gasteiger partial charge < -0.3 is 10.3 Å². The number of Topliss-reactive ketones (excluding diaryl/α,β-unsaturated/α-hetero) is 1. The lowest BCUT2D eigenvalue weighted by atomic mass is 9.98. The monoisotopic (exact) mass is 180 g/mol. The molecule has 3 heteroatoms. The highest BCUT2D eigenvalue weighted by atomic mass is 16.1. The molecule has 1 rings (SSSR count). The van der Waals surface area contributed by atoms with E-state index in [4.69, 9.17) is 5.73 Å². The van der Waals surface area contributed by atoms with Crippen LogP contribution in [0.3, 0.4) is 0 Å². The van der Waals surface area contributed by atoms with E-state index in [2.05, 4.69) is 0 Å². The molecule has 13 heavy (non-hydrogen) atoms. The van der Waals surface area contributed by atoms with Gasteiger partial charge in [-0.1, -0.05) is 13.8 Å². The fourth-order valence-corrected chi connectivity index (χ4v) is 1.14. The highest BCUT2D eigenvalue weighted by molar-refractivity contribution is 5.99. The maximum Gasteiger partial charge on any atom is 0.181 e. The van der Waals surface area contributed by atoms with Crippen molar-refractivity contribution in [3.8, 4) is 0 Å². The molecular weight excluding hydrogens is 164 g/mol. The van der Waals surface area contributed by atoms with E-state index >= 15 is 0 Å². The summed E-state index contributed by atoms with van der Waals surface area (Å²) in [6.45, 7) is 3.90. The Bertz CT molecular complexity index is 302. The molecular formula is C10H16N2O. The molecule has 0 amide bonds. The fraction of sp³-hybridized carbons (Fsp3) is 0.500. The van der Waals surface area contributed by atoms with Crippen molar-refractivity contribution < 1.29 is 4.79 Å². The number of hydrogen-bond acceptors (Lipinski definition) is 2. The number of ketones is 1. The van der Waals surface area contributed by atoms with Crippen LogP contribution >= 0.6 is 0 Å². The van der Waals surface area contributed by atoms with Crippen LogP contribution in [0.15, 0.2) is 18.5 Å². The molecule has 2 N–H and O–H groups in total. The van der Waals surface area contributed by atoms with Gasteiger partial charge in [0.25, 0.3) is 0 Å². The first-order valence-electron chi connectivity index (χ1n) is 4.44. The zero-order chi connectivity index (χ0) is 10.0. The van der Waals surface area contributed by atoms with Crippen LogP contribution in [0.5, 0.6) is 0 Å². The van der Waals surface area contributed by atoms with E-state index < -0.39 is 0 Å². The molecule has 0 bridgehead atoms. The van der Waals surface area contributed by atoms with Gasteiger partial charge >= 0.3 is 0 Å². The van der Waals surface area contributed by atoms with Crippen LogP contribution in [0.1, 0.15) is 24.2 Å². The number of carbonyl (C=O) groups is 1. The molecule has 0 saturated heterocycles. The molecule has 0 radical (unpaired) electrons. The summed E-state index contributed by atoms with van der Waals surface area (Å²) in [5.41, 5.74) is 6.44. The molecule has 0 aliphatic rings. The van der Waals surface area contributed by atoms with Gasteiger partial charge in [0.05, 0.1) is 6.04 Å². The van der Waals surface area contributed by atoms with E-state index in [-0.39, 0.29) is 17.7 Å². The van der Waals surface area contributed by atoms with Crippen LogP contribution in [0.4, 0.5) is 0 Å². The molecule has 1 aromatic heterocycles. The van der Waals surface area contributed by atoms with Crippen LogP contribution in [0, 0.1) is 5.92 Å². The number of aryl methyl sites for hydroxylation is 1. The van der Waals surface area contributed by atoms with Crippen molar-refractivity contribution in [1.29, 1.82) is 0 Å². The van der Waals surface area contributed by atoms with Crippen molar-refractivity contribution in [2.75, 3.05) is 0 Å². The topological polar surface area (TPSA) is 48.0 Å². The van der Waals surface area contributed by atoms with Gasteiger partial charge in [-0.25, -0.2) is 0 Å². The Labute approximate surface area is 78.5 Å². The third kappa shape index (κ3) is 2.18. The summed E-state index contributed by atoms with van der Waals surface area (Å²) >= 11 is 0. The van der Waals surface area contributed by atoms with E-state index in [9.17, 15) is 4.79 Å². The summed E-state index contributed by atoms with van der Waals surface area (Å²) in [5, 5.41) is 0. The molecule has 1 unspecified atom stereocenters. The van der Waals surface area contributed by atoms with Gasteiger partial charge in [0.2, 0.25) is 0 Å². The van der Waals surface area contributed by atoms with Crippen LogP contribution in [-0.4, -0.2) is 16.4 Å². The van der Waals surface area contributed by atoms with Gasteiger partial charge in [0.15, 0.2) is 5.78 Å². The lowest BCUT2D eigenvalue weighted by Crippen LogP contribution is -2.35. The average molecular weight is 180 g/mol. The molecule has 72 valence electrons. The van der Waals surface area contributed by atoms with Gasteiger partial charge in [-0.05, 0) is 12.0 Å². The quantitative estimate of drug-likeness (QED) is 0.710. The van der Waals surface area contributed by atoms with Crippen molar-refractivity contribution in [3.63, 3.8) is 0 Å². The molecule has 0 aromatic carbocycles. The normalized spacial score (nSPS) is 13.3. The molecule has 1 aromatic rings. The second kappa shape index (κ2) is 3.75. The van der Waals surface area contributed by atoms with Crippen LogP contribution in [-0.2, 0) is 7.05 Å². The van der Waals surface area contributed by atoms with E-state index in [0.29, 0.717) is 5.56 Å². The summed E-state index contributed by atoms with van der Waals surface area (Å²) in [4.78, 5) is 11.7. The lowest BCUT2D eigenvalue weighted by molar-refractivity contribution is 0.0940. The van der Waals surface area contributed by atoms with Gasteiger partial charge in [0.1, 0.15) is 0 Å². The van der Waals surface area contributed by atoms with Crippen molar-refractivity contribution in [1.82, 2.24) is 4.57 Å². The number of rotatable bonds is 3. The molecule has 0 aliphatic carbocycles. The van der Waals surface area contributed by atoms with Gasteiger partial charge in [-0.3, -0.25) is 4.79 Å². The first kappa shape index (κ1) is 9.99. The Balaban J connectivity index is 2.79. The highest BCUT2D eigenvalue weighted by Crippen LogP contribution is 2.08. The zero-order valence-electron chi connectivity index (χ0n) is 8.32. The predicted molar refractivity (Wildman–Crippen MR) is 52.6 cm³/mol. The Morgan fingerprint density at radius 2 is 2.15 bits per heavy atom. The van der Waals surface area contributed by atoms with Crippen molar-refractivity contribution >= 4 is 5.78 Å². The Morgan fingerprint density at radius 1 is 1.54 bits per heavy atom. The minimum absolute atomic E-state index is 0.0237. The van der Waals surface area contributed by atoms with Crippen molar-refractivity contribution in [2.45, 2.75) is 19.9 Å². The maximum absolute atomic E-state index is 11.7. The molecule has 0 spiro atoms. The average Bonchev–Trinajstić information content (AvgIpc) is 2.49. The maximum atomic E-state index is 11.7. The second-order valence-electron chi connectivity index (χ2n) is 3.70. The molecule has 0 aliphatic heterocycles. The second-order valence-corrected chi connectivity index (χ2v) is 3.70. The van der Waals surface area contributed by atoms with Crippen LogP contribution in [0.2, 0.25) is 0 Å². The van der Waals surface area contributed by atoms with Gasteiger partial charge in [0, 0.05) is 25.0 Å². The third-order valence-electron chi connectivity index (χ3n) is 2.14. The van der Waals surface area contributed by atoms with E-state index in [0.717, 1.165) is 0 Å². The van der Waals surface area contributed by atoms with E-state index in [1.165, 1.54) is 0 Å². The zero-order valence-corrected chi connectivity index (χ0v) is 8.32. The summed E-state index contributed by atoms with van der Waals surface area (Å²) in [7, 11) is 1.89. The largest absolute Gasteiger partial charge is 0.357 e. The first-order chi connectivity index (χ1) is 6.02. The Kier molecular flexibility index (Phi) is 2.88. The van der Waals surface area contributed by atoms with Crippen molar-refractivity contribution in [2.24, 2.45) is 18.7 Å². The number of carbonyl (C=O) groups excluding carboxylic acids is 1. The Morgan fingerprint density at radius 3 is 2.54 bits per heavy atom.